The number of carboxylic acid groups (broad SMARTS) is 1. The zero-order valence-corrected chi connectivity index (χ0v) is 13.7. The smallest absolute Gasteiger partial charge is 0.335 e. The van der Waals surface area contributed by atoms with Crippen LogP contribution in [-0.4, -0.2) is 28.4 Å². The lowest BCUT2D eigenvalue weighted by Gasteiger charge is -2.23. The molecule has 24 heavy (non-hydrogen) atoms. The van der Waals surface area contributed by atoms with E-state index in [2.05, 4.69) is 0 Å². The quantitative estimate of drug-likeness (QED) is 0.911. The average Bonchev–Trinajstić information content (AvgIpc) is 3.21. The Labute approximate surface area is 140 Å². The normalized spacial score (nSPS) is 17.2. The summed E-state index contributed by atoms with van der Waals surface area (Å²) in [6, 6.07) is 10.7. The topological polar surface area (TPSA) is 70.8 Å². The van der Waals surface area contributed by atoms with Crippen molar-refractivity contribution in [3.05, 3.63) is 59.0 Å². The maximum atomic E-state index is 12.6. The summed E-state index contributed by atoms with van der Waals surface area (Å²) in [6.45, 7) is 2.62. The van der Waals surface area contributed by atoms with Crippen LogP contribution in [0.5, 0.6) is 0 Å². The van der Waals surface area contributed by atoms with Crippen LogP contribution in [0.2, 0.25) is 0 Å². The summed E-state index contributed by atoms with van der Waals surface area (Å²) in [5.41, 5.74) is 0.966. The predicted molar refractivity (Wildman–Crippen MR) is 88.9 cm³/mol. The molecular formula is C19H21NO4. The van der Waals surface area contributed by atoms with Gasteiger partial charge in [0.25, 0.3) is 0 Å². The minimum atomic E-state index is -0.955. The van der Waals surface area contributed by atoms with E-state index >= 15 is 0 Å². The van der Waals surface area contributed by atoms with Crippen molar-refractivity contribution in [3.8, 4) is 0 Å². The van der Waals surface area contributed by atoms with Gasteiger partial charge in [0, 0.05) is 13.0 Å². The molecule has 1 atom stereocenters. The van der Waals surface area contributed by atoms with Gasteiger partial charge in [0.05, 0.1) is 11.6 Å². The Bertz CT molecular complexity index is 749. The van der Waals surface area contributed by atoms with Crippen LogP contribution in [0.3, 0.4) is 0 Å². The monoisotopic (exact) mass is 327 g/mol. The zero-order valence-electron chi connectivity index (χ0n) is 13.7. The van der Waals surface area contributed by atoms with Gasteiger partial charge in [-0.25, -0.2) is 4.79 Å². The number of carbonyl (C=O) groups excluding carboxylic acids is 1. The van der Waals surface area contributed by atoms with E-state index < -0.39 is 5.97 Å². The van der Waals surface area contributed by atoms with Crippen LogP contribution >= 0.6 is 0 Å². The van der Waals surface area contributed by atoms with Gasteiger partial charge in [0.1, 0.15) is 11.5 Å². The lowest BCUT2D eigenvalue weighted by molar-refractivity contribution is -0.132. The second kappa shape index (κ2) is 6.91. The maximum absolute atomic E-state index is 12.6. The highest BCUT2D eigenvalue weighted by atomic mass is 16.4. The molecule has 1 saturated heterocycles. The number of furan rings is 1. The lowest BCUT2D eigenvalue weighted by atomic mass is 10.0. The summed E-state index contributed by atoms with van der Waals surface area (Å²) in [4.78, 5) is 25.7. The third kappa shape index (κ3) is 3.35. The van der Waals surface area contributed by atoms with Gasteiger partial charge in [-0.3, -0.25) is 4.79 Å². The predicted octanol–water partition coefficient (Wildman–Crippen LogP) is 3.58. The lowest BCUT2D eigenvalue weighted by Crippen LogP contribution is -2.30. The van der Waals surface area contributed by atoms with E-state index in [4.69, 9.17) is 4.42 Å². The van der Waals surface area contributed by atoms with Crippen molar-refractivity contribution in [3.63, 3.8) is 0 Å². The van der Waals surface area contributed by atoms with E-state index in [1.54, 1.807) is 24.3 Å². The Morgan fingerprint density at radius 1 is 1.25 bits per heavy atom. The number of carbonyl (C=O) groups is 2. The van der Waals surface area contributed by atoms with E-state index in [1.165, 1.54) is 0 Å². The molecule has 5 heteroatoms. The molecule has 5 nitrogen and oxygen atoms in total. The van der Waals surface area contributed by atoms with E-state index in [-0.39, 0.29) is 17.5 Å². The zero-order chi connectivity index (χ0) is 17.1. The molecular weight excluding hydrogens is 306 g/mol. The first-order valence-electron chi connectivity index (χ1n) is 8.23. The number of hydrogen-bond donors (Lipinski definition) is 1. The van der Waals surface area contributed by atoms with Crippen LogP contribution < -0.4 is 0 Å². The second-order valence-electron chi connectivity index (χ2n) is 6.16. The van der Waals surface area contributed by atoms with Crippen LogP contribution in [0.1, 0.15) is 52.7 Å². The van der Waals surface area contributed by atoms with Gasteiger partial charge < -0.3 is 14.4 Å². The number of hydrogen-bond acceptors (Lipinski definition) is 3. The fourth-order valence-electron chi connectivity index (χ4n) is 3.33. The van der Waals surface area contributed by atoms with E-state index in [0.717, 1.165) is 30.9 Å². The second-order valence-corrected chi connectivity index (χ2v) is 6.16. The molecule has 126 valence electrons. The number of amides is 1. The van der Waals surface area contributed by atoms with E-state index in [1.807, 2.05) is 24.0 Å². The molecule has 1 aliphatic rings. The summed E-state index contributed by atoms with van der Waals surface area (Å²) in [6.07, 6.45) is 2.61. The highest BCUT2D eigenvalue weighted by Gasteiger charge is 2.31. The Balaban J connectivity index is 1.68. The Morgan fingerprint density at radius 2 is 2.04 bits per heavy atom. The molecule has 1 fully saturated rings. The number of likely N-dealkylation sites (tertiary alicyclic amines) is 1. The Kier molecular flexibility index (Phi) is 4.69. The van der Waals surface area contributed by atoms with Crippen LogP contribution in [0, 0.1) is 6.92 Å². The number of nitrogens with zero attached hydrogens (tertiary/aromatic N) is 1. The molecule has 0 unspecified atom stereocenters. The molecule has 2 aromatic rings. The number of aryl methyl sites for hydroxylation is 2. The molecule has 0 radical (unpaired) electrons. The van der Waals surface area contributed by atoms with Crippen molar-refractivity contribution in [2.24, 2.45) is 0 Å². The van der Waals surface area contributed by atoms with Crippen LogP contribution in [-0.2, 0) is 11.2 Å². The summed E-state index contributed by atoms with van der Waals surface area (Å²) in [5, 5.41) is 9.23. The largest absolute Gasteiger partial charge is 0.478 e. The summed E-state index contributed by atoms with van der Waals surface area (Å²) < 4.78 is 5.69. The number of benzene rings is 1. The van der Waals surface area contributed by atoms with Crippen LogP contribution in [0.15, 0.2) is 40.8 Å². The van der Waals surface area contributed by atoms with Crippen molar-refractivity contribution in [2.75, 3.05) is 6.54 Å². The SMILES string of the molecule is Cc1ccc([C@H]2CCCN2C(=O)CCc2ccccc2C(=O)O)o1. The fourth-order valence-corrected chi connectivity index (χ4v) is 3.33. The minimum Gasteiger partial charge on any atom is -0.478 e. The minimum absolute atomic E-state index is 0.000850. The van der Waals surface area contributed by atoms with Crippen molar-refractivity contribution >= 4 is 11.9 Å². The summed E-state index contributed by atoms with van der Waals surface area (Å²) >= 11 is 0. The fraction of sp³-hybridized carbons (Fsp3) is 0.368. The molecule has 1 aromatic heterocycles. The molecule has 1 amide bonds. The van der Waals surface area contributed by atoms with E-state index in [9.17, 15) is 14.7 Å². The van der Waals surface area contributed by atoms with Gasteiger partial charge in [-0.15, -0.1) is 0 Å². The molecule has 0 aliphatic carbocycles. The summed E-state index contributed by atoms with van der Waals surface area (Å²) in [5.74, 6) is 0.777. The first kappa shape index (κ1) is 16.3. The highest BCUT2D eigenvalue weighted by Crippen LogP contribution is 2.33. The molecule has 0 bridgehead atoms. The van der Waals surface area contributed by atoms with Gasteiger partial charge in [-0.1, -0.05) is 18.2 Å². The van der Waals surface area contributed by atoms with Gasteiger partial charge in [-0.2, -0.15) is 0 Å². The van der Waals surface area contributed by atoms with Crippen molar-refractivity contribution in [2.45, 2.75) is 38.6 Å². The first-order chi connectivity index (χ1) is 11.6. The van der Waals surface area contributed by atoms with Gasteiger partial charge in [0.2, 0.25) is 5.91 Å². The van der Waals surface area contributed by atoms with Crippen molar-refractivity contribution in [1.29, 1.82) is 0 Å². The number of rotatable bonds is 5. The molecule has 2 heterocycles. The average molecular weight is 327 g/mol. The molecule has 0 saturated carbocycles. The Morgan fingerprint density at radius 3 is 2.75 bits per heavy atom. The highest BCUT2D eigenvalue weighted by molar-refractivity contribution is 5.89. The standard InChI is InChI=1S/C19H21NO4/c1-13-8-10-17(24-13)16-7-4-12-20(16)18(21)11-9-14-5-2-3-6-15(14)19(22)23/h2-3,5-6,8,10,16H,4,7,9,11-12H2,1H3,(H,22,23)/t16-/m1/s1. The molecule has 0 spiro atoms. The third-order valence-electron chi connectivity index (χ3n) is 4.52. The van der Waals surface area contributed by atoms with Crippen molar-refractivity contribution < 1.29 is 19.1 Å². The van der Waals surface area contributed by atoms with Gasteiger partial charge >= 0.3 is 5.97 Å². The molecule has 3 rings (SSSR count). The Hall–Kier alpha value is -2.56. The van der Waals surface area contributed by atoms with Gasteiger partial charge in [-0.05, 0) is 49.9 Å². The van der Waals surface area contributed by atoms with Crippen LogP contribution in [0.4, 0.5) is 0 Å². The number of aromatic carboxylic acids is 1. The van der Waals surface area contributed by atoms with Crippen LogP contribution in [0.25, 0.3) is 0 Å². The summed E-state index contributed by atoms with van der Waals surface area (Å²) in [7, 11) is 0. The first-order valence-corrected chi connectivity index (χ1v) is 8.23. The van der Waals surface area contributed by atoms with E-state index in [0.29, 0.717) is 18.4 Å². The van der Waals surface area contributed by atoms with Gasteiger partial charge in [0.15, 0.2) is 0 Å². The molecule has 1 aromatic carbocycles. The molecule has 1 aliphatic heterocycles. The third-order valence-corrected chi connectivity index (χ3v) is 4.52. The number of carboxylic acids is 1. The van der Waals surface area contributed by atoms with Crippen molar-refractivity contribution in [1.82, 2.24) is 4.90 Å². The maximum Gasteiger partial charge on any atom is 0.335 e. The molecule has 1 N–H and O–H groups in total.